The van der Waals surface area contributed by atoms with E-state index in [4.69, 9.17) is 9.73 Å². The van der Waals surface area contributed by atoms with E-state index in [9.17, 15) is 14.4 Å². The number of nitrogens with one attached hydrogen (secondary N) is 1. The molecule has 3 rings (SSSR count). The van der Waals surface area contributed by atoms with E-state index in [-0.39, 0.29) is 11.8 Å². The van der Waals surface area contributed by atoms with Gasteiger partial charge < -0.3 is 19.9 Å². The molecule has 1 N–H and O–H groups in total. The van der Waals surface area contributed by atoms with Gasteiger partial charge in [-0.25, -0.2) is 4.79 Å². The molecule has 1 atom stereocenters. The Morgan fingerprint density at radius 3 is 2.40 bits per heavy atom. The van der Waals surface area contributed by atoms with Gasteiger partial charge in [0, 0.05) is 30.6 Å². The number of nitrogens with zero attached hydrogens (tertiary/aromatic N) is 3. The van der Waals surface area contributed by atoms with Crippen molar-refractivity contribution in [1.29, 1.82) is 0 Å². The number of rotatable bonds is 10. The molecular formula is C27H34N4O4. The molecule has 35 heavy (non-hydrogen) atoms. The molecule has 2 aromatic rings. The third kappa shape index (κ3) is 6.33. The van der Waals surface area contributed by atoms with Gasteiger partial charge in [-0.1, -0.05) is 19.4 Å². The molecule has 0 radical (unpaired) electrons. The van der Waals surface area contributed by atoms with Crippen molar-refractivity contribution < 1.29 is 19.1 Å². The van der Waals surface area contributed by atoms with Crippen LogP contribution in [0.15, 0.2) is 47.5 Å². The summed E-state index contributed by atoms with van der Waals surface area (Å²) in [6, 6.07) is 12.6. The molecular weight excluding hydrogens is 444 g/mol. The van der Waals surface area contributed by atoms with Gasteiger partial charge in [-0.05, 0) is 75.4 Å². The lowest BCUT2D eigenvalue weighted by Crippen LogP contribution is -2.31. The maximum atomic E-state index is 12.9. The number of fused-ring (bicyclic) bond motifs is 1. The number of carbonyl (C=O) groups excluding carboxylic acids is 3. The molecule has 8 nitrogen and oxygen atoms in total. The number of aliphatic imine (C=N–C) groups is 1. The highest BCUT2D eigenvalue weighted by Gasteiger charge is 2.34. The normalized spacial score (nSPS) is 15.1. The zero-order valence-corrected chi connectivity index (χ0v) is 21.1. The van der Waals surface area contributed by atoms with Crippen molar-refractivity contribution in [3.05, 3.63) is 53.6 Å². The zero-order chi connectivity index (χ0) is 25.5. The van der Waals surface area contributed by atoms with Crippen LogP contribution in [0.3, 0.4) is 0 Å². The largest absolute Gasteiger partial charge is 0.465 e. The topological polar surface area (TPSA) is 91.3 Å². The van der Waals surface area contributed by atoms with Gasteiger partial charge >= 0.3 is 5.97 Å². The first-order valence-corrected chi connectivity index (χ1v) is 11.9. The quantitative estimate of drug-likeness (QED) is 0.404. The van der Waals surface area contributed by atoms with Crippen molar-refractivity contribution in [3.63, 3.8) is 0 Å². The van der Waals surface area contributed by atoms with Gasteiger partial charge in [0.1, 0.15) is 5.92 Å². The van der Waals surface area contributed by atoms with Crippen molar-refractivity contribution >= 4 is 40.6 Å². The van der Waals surface area contributed by atoms with E-state index in [2.05, 4.69) is 10.2 Å². The Bertz CT molecular complexity index is 1110. The number of anilines is 2. The summed E-state index contributed by atoms with van der Waals surface area (Å²) in [6.07, 6.45) is 2.36. The summed E-state index contributed by atoms with van der Waals surface area (Å²) >= 11 is 0. The van der Waals surface area contributed by atoms with Gasteiger partial charge in [-0.2, -0.15) is 0 Å². The van der Waals surface area contributed by atoms with E-state index in [1.807, 2.05) is 45.3 Å². The van der Waals surface area contributed by atoms with Crippen LogP contribution in [0.4, 0.5) is 17.1 Å². The van der Waals surface area contributed by atoms with E-state index in [1.54, 1.807) is 30.0 Å². The van der Waals surface area contributed by atoms with Gasteiger partial charge in [0.15, 0.2) is 0 Å². The highest BCUT2D eigenvalue weighted by atomic mass is 16.5. The lowest BCUT2D eigenvalue weighted by molar-refractivity contribution is -0.117. The molecule has 0 saturated carbocycles. The lowest BCUT2D eigenvalue weighted by Gasteiger charge is -2.22. The third-order valence-corrected chi connectivity index (χ3v) is 5.95. The summed E-state index contributed by atoms with van der Waals surface area (Å²) in [6.45, 7) is 5.16. The maximum Gasteiger partial charge on any atom is 0.337 e. The van der Waals surface area contributed by atoms with Crippen LogP contribution in [-0.4, -0.2) is 62.7 Å². The van der Waals surface area contributed by atoms with Crippen LogP contribution in [-0.2, 0) is 14.3 Å². The molecule has 2 amide bonds. The highest BCUT2D eigenvalue weighted by Crippen LogP contribution is 2.36. The number of hydrogen-bond donors (Lipinski definition) is 1. The van der Waals surface area contributed by atoms with E-state index in [0.29, 0.717) is 24.2 Å². The third-order valence-electron chi connectivity index (χ3n) is 5.95. The molecule has 0 bridgehead atoms. The number of ether oxygens (including phenoxy) is 1. The van der Waals surface area contributed by atoms with Crippen LogP contribution < -0.4 is 10.2 Å². The number of hydrogen-bond acceptors (Lipinski definition) is 6. The Balaban J connectivity index is 1.86. The van der Waals surface area contributed by atoms with Crippen LogP contribution in [0.25, 0.3) is 0 Å². The zero-order valence-electron chi connectivity index (χ0n) is 21.1. The molecule has 186 valence electrons. The smallest absolute Gasteiger partial charge is 0.337 e. The fraction of sp³-hybridized carbons (Fsp3) is 0.407. The minimum atomic E-state index is -0.518. The fourth-order valence-electron chi connectivity index (χ4n) is 4.25. The SMILES string of the molecule is CCCC(=Nc1ccc(N(CCCN(C)C)C(C)=O)cc1)C1C(=O)Nc2cc(C(=O)OC)ccc21. The van der Waals surface area contributed by atoms with E-state index < -0.39 is 11.9 Å². The van der Waals surface area contributed by atoms with E-state index >= 15 is 0 Å². The lowest BCUT2D eigenvalue weighted by atomic mass is 9.92. The Labute approximate surface area is 207 Å². The monoisotopic (exact) mass is 478 g/mol. The van der Waals surface area contributed by atoms with Gasteiger partial charge in [0.25, 0.3) is 0 Å². The predicted molar refractivity (Wildman–Crippen MR) is 139 cm³/mol. The molecule has 0 spiro atoms. The summed E-state index contributed by atoms with van der Waals surface area (Å²) in [7, 11) is 5.35. The van der Waals surface area contributed by atoms with Gasteiger partial charge in [0.2, 0.25) is 11.8 Å². The molecule has 0 aromatic heterocycles. The molecule has 1 heterocycles. The molecule has 0 fully saturated rings. The molecule has 1 aliphatic heterocycles. The Hall–Kier alpha value is -3.52. The molecule has 8 heteroatoms. The number of benzene rings is 2. The van der Waals surface area contributed by atoms with Crippen LogP contribution >= 0.6 is 0 Å². The van der Waals surface area contributed by atoms with Crippen molar-refractivity contribution in [3.8, 4) is 0 Å². The Morgan fingerprint density at radius 1 is 1.09 bits per heavy atom. The van der Waals surface area contributed by atoms with Crippen molar-refractivity contribution in [1.82, 2.24) is 4.90 Å². The Morgan fingerprint density at radius 2 is 1.80 bits per heavy atom. The molecule has 0 saturated heterocycles. The van der Waals surface area contributed by atoms with Crippen LogP contribution in [0.1, 0.15) is 54.9 Å². The predicted octanol–water partition coefficient (Wildman–Crippen LogP) is 4.39. The summed E-state index contributed by atoms with van der Waals surface area (Å²) < 4.78 is 4.79. The minimum Gasteiger partial charge on any atom is -0.465 e. The molecule has 1 unspecified atom stereocenters. The summed E-state index contributed by atoms with van der Waals surface area (Å²) in [5.41, 5.74) is 4.11. The summed E-state index contributed by atoms with van der Waals surface area (Å²) in [4.78, 5) is 45.7. The summed E-state index contributed by atoms with van der Waals surface area (Å²) in [5.74, 6) is -1.13. The maximum absolute atomic E-state index is 12.9. The average molecular weight is 479 g/mol. The van der Waals surface area contributed by atoms with Gasteiger partial charge in [0.05, 0.1) is 18.4 Å². The van der Waals surface area contributed by atoms with Crippen molar-refractivity contribution in [2.24, 2.45) is 4.99 Å². The Kier molecular flexibility index (Phi) is 8.76. The second-order valence-corrected chi connectivity index (χ2v) is 8.91. The van der Waals surface area contributed by atoms with E-state index in [0.717, 1.165) is 42.0 Å². The van der Waals surface area contributed by atoms with Crippen LogP contribution in [0.2, 0.25) is 0 Å². The first-order valence-electron chi connectivity index (χ1n) is 11.9. The van der Waals surface area contributed by atoms with Gasteiger partial charge in [-0.3, -0.25) is 14.6 Å². The standard InChI is InChI=1S/C27H34N4O4/c1-6-8-23(25-22-14-9-19(27(34)35-5)17-24(22)29-26(25)33)28-20-10-12-21(13-11-20)31(18(2)32)16-7-15-30(3)4/h9-14,17,25H,6-8,15-16H2,1-5H3,(H,29,33). The second kappa shape index (κ2) is 11.8. The molecule has 2 aromatic carbocycles. The first-order chi connectivity index (χ1) is 16.7. The minimum absolute atomic E-state index is 0.00256. The highest BCUT2D eigenvalue weighted by molar-refractivity contribution is 6.19. The first kappa shape index (κ1) is 26.1. The average Bonchev–Trinajstić information content (AvgIpc) is 3.16. The molecule has 1 aliphatic rings. The van der Waals surface area contributed by atoms with Crippen LogP contribution in [0, 0.1) is 0 Å². The second-order valence-electron chi connectivity index (χ2n) is 8.91. The summed E-state index contributed by atoms with van der Waals surface area (Å²) in [5, 5.41) is 2.88. The van der Waals surface area contributed by atoms with E-state index in [1.165, 1.54) is 7.11 Å². The number of carbonyl (C=O) groups is 3. The number of methoxy groups -OCH3 is 1. The molecule has 0 aliphatic carbocycles. The van der Waals surface area contributed by atoms with Crippen molar-refractivity contribution in [2.75, 3.05) is 44.5 Å². The fourth-order valence-corrected chi connectivity index (χ4v) is 4.25. The van der Waals surface area contributed by atoms with Crippen molar-refractivity contribution in [2.45, 2.75) is 39.0 Å². The van der Waals surface area contributed by atoms with Crippen LogP contribution in [0.5, 0.6) is 0 Å². The number of amides is 2. The number of esters is 1. The van der Waals surface area contributed by atoms with Gasteiger partial charge in [-0.15, -0.1) is 0 Å².